The zero-order valence-corrected chi connectivity index (χ0v) is 16.4. The van der Waals surface area contributed by atoms with Crippen LogP contribution in [-0.4, -0.2) is 28.0 Å². The second kappa shape index (κ2) is 8.53. The Morgan fingerprint density at radius 3 is 2.58 bits per heavy atom. The van der Waals surface area contributed by atoms with Crippen LogP contribution in [0.15, 0.2) is 41.3 Å². The van der Waals surface area contributed by atoms with E-state index in [0.717, 1.165) is 11.1 Å². The van der Waals surface area contributed by atoms with Gasteiger partial charge >= 0.3 is 0 Å². The molecule has 8 heteroatoms. The van der Waals surface area contributed by atoms with E-state index in [1.807, 2.05) is 19.9 Å². The number of anilines is 1. The highest BCUT2D eigenvalue weighted by Crippen LogP contribution is 2.30. The maximum absolute atomic E-state index is 12.2. The van der Waals surface area contributed by atoms with E-state index in [1.165, 1.54) is 13.2 Å². The van der Waals surface area contributed by atoms with Gasteiger partial charge in [0.05, 0.1) is 17.7 Å². The maximum atomic E-state index is 12.2. The van der Waals surface area contributed by atoms with Gasteiger partial charge in [-0.15, -0.1) is 0 Å². The van der Waals surface area contributed by atoms with E-state index < -0.39 is 10.0 Å². The van der Waals surface area contributed by atoms with E-state index in [1.54, 1.807) is 24.3 Å². The predicted molar refractivity (Wildman–Crippen MR) is 102 cm³/mol. The van der Waals surface area contributed by atoms with Gasteiger partial charge in [-0.2, -0.15) is 0 Å². The molecule has 6 nitrogen and oxygen atoms in total. The van der Waals surface area contributed by atoms with E-state index in [9.17, 15) is 13.2 Å². The number of halogens is 1. The summed E-state index contributed by atoms with van der Waals surface area (Å²) in [4.78, 5) is 12.3. The topological polar surface area (TPSA) is 84.5 Å². The quantitative estimate of drug-likeness (QED) is 0.752. The third kappa shape index (κ3) is 5.20. The third-order valence-corrected chi connectivity index (χ3v) is 5.56. The van der Waals surface area contributed by atoms with Crippen LogP contribution < -0.4 is 14.8 Å². The molecule has 1 amide bonds. The van der Waals surface area contributed by atoms with Crippen molar-refractivity contribution in [1.29, 1.82) is 0 Å². The highest BCUT2D eigenvalue weighted by atomic mass is 35.5. The molecule has 0 fully saturated rings. The van der Waals surface area contributed by atoms with Gasteiger partial charge in [0.15, 0.2) is 0 Å². The summed E-state index contributed by atoms with van der Waals surface area (Å²) in [6.07, 6.45) is -0.0180. The van der Waals surface area contributed by atoms with Crippen LogP contribution in [0.3, 0.4) is 0 Å². The van der Waals surface area contributed by atoms with Crippen molar-refractivity contribution < 1.29 is 17.9 Å². The number of hydrogen-bond acceptors (Lipinski definition) is 4. The molecule has 0 saturated carbocycles. The minimum absolute atomic E-state index is 0.0169. The number of benzene rings is 2. The number of aryl methyl sites for hydroxylation is 2. The summed E-state index contributed by atoms with van der Waals surface area (Å²) in [6, 6.07) is 9.89. The van der Waals surface area contributed by atoms with E-state index >= 15 is 0 Å². The van der Waals surface area contributed by atoms with Gasteiger partial charge in [-0.25, -0.2) is 13.1 Å². The predicted octanol–water partition coefficient (Wildman–Crippen LogP) is 3.27. The molecule has 0 bridgehead atoms. The fourth-order valence-corrected chi connectivity index (χ4v) is 3.60. The molecule has 140 valence electrons. The lowest BCUT2D eigenvalue weighted by Crippen LogP contribution is -2.28. The molecule has 0 aliphatic rings. The monoisotopic (exact) mass is 396 g/mol. The first kappa shape index (κ1) is 20.2. The summed E-state index contributed by atoms with van der Waals surface area (Å²) in [5.41, 5.74) is 2.12. The molecule has 0 saturated heterocycles. The molecule has 0 spiro atoms. The second-order valence-electron chi connectivity index (χ2n) is 5.81. The lowest BCUT2D eigenvalue weighted by molar-refractivity contribution is -0.116. The van der Waals surface area contributed by atoms with Crippen molar-refractivity contribution in [3.05, 3.63) is 52.5 Å². The Bertz CT molecular complexity index is 913. The summed E-state index contributed by atoms with van der Waals surface area (Å²) in [7, 11) is -2.17. The second-order valence-corrected chi connectivity index (χ2v) is 7.99. The number of carbonyl (C=O) groups is 1. The minimum atomic E-state index is -3.65. The molecule has 0 unspecified atom stereocenters. The molecule has 0 aliphatic carbocycles. The first-order valence-electron chi connectivity index (χ1n) is 7.93. The molecule has 2 aromatic carbocycles. The molecule has 2 rings (SSSR count). The van der Waals surface area contributed by atoms with Gasteiger partial charge < -0.3 is 10.1 Å². The van der Waals surface area contributed by atoms with Gasteiger partial charge in [0.1, 0.15) is 5.75 Å². The normalized spacial score (nSPS) is 11.2. The number of amides is 1. The SMILES string of the molecule is COc1cc(Cl)c(C)cc1NC(=O)CCNS(=O)(=O)c1cccc(C)c1. The Kier molecular flexibility index (Phi) is 6.63. The van der Waals surface area contributed by atoms with Crippen molar-refractivity contribution in [2.75, 3.05) is 19.0 Å². The molecule has 2 N–H and O–H groups in total. The van der Waals surface area contributed by atoms with E-state index in [4.69, 9.17) is 16.3 Å². The third-order valence-electron chi connectivity index (χ3n) is 3.70. The average Bonchev–Trinajstić information content (AvgIpc) is 2.57. The zero-order valence-electron chi connectivity index (χ0n) is 14.8. The first-order chi connectivity index (χ1) is 12.2. The van der Waals surface area contributed by atoms with Crippen molar-refractivity contribution in [1.82, 2.24) is 4.72 Å². The average molecular weight is 397 g/mol. The number of rotatable bonds is 7. The van der Waals surface area contributed by atoms with Crippen LogP contribution in [0.4, 0.5) is 5.69 Å². The van der Waals surface area contributed by atoms with Gasteiger partial charge in [0, 0.05) is 24.1 Å². The van der Waals surface area contributed by atoms with Crippen molar-refractivity contribution in [3.63, 3.8) is 0 Å². The number of carbonyl (C=O) groups excluding carboxylic acids is 1. The highest BCUT2D eigenvalue weighted by Gasteiger charge is 2.15. The largest absolute Gasteiger partial charge is 0.495 e. The first-order valence-corrected chi connectivity index (χ1v) is 9.79. The Balaban J connectivity index is 1.96. The lowest BCUT2D eigenvalue weighted by Gasteiger charge is -2.12. The van der Waals surface area contributed by atoms with Crippen molar-refractivity contribution in [3.8, 4) is 5.75 Å². The van der Waals surface area contributed by atoms with Crippen LogP contribution in [0.1, 0.15) is 17.5 Å². The van der Waals surface area contributed by atoms with Gasteiger partial charge in [-0.1, -0.05) is 23.7 Å². The van der Waals surface area contributed by atoms with Gasteiger partial charge in [-0.3, -0.25) is 4.79 Å². The van der Waals surface area contributed by atoms with E-state index in [0.29, 0.717) is 16.5 Å². The van der Waals surface area contributed by atoms with Crippen LogP contribution in [0.5, 0.6) is 5.75 Å². The molecular formula is C18H21ClN2O4S. The Hall–Kier alpha value is -2.09. The fraction of sp³-hybridized carbons (Fsp3) is 0.278. The number of ether oxygens (including phenoxy) is 1. The van der Waals surface area contributed by atoms with Crippen LogP contribution in [0, 0.1) is 13.8 Å². The number of methoxy groups -OCH3 is 1. The summed E-state index contributed by atoms with van der Waals surface area (Å²) in [5.74, 6) is 0.103. The summed E-state index contributed by atoms with van der Waals surface area (Å²) < 4.78 is 32.1. The summed E-state index contributed by atoms with van der Waals surface area (Å²) in [5, 5.41) is 3.24. The molecule has 0 heterocycles. The van der Waals surface area contributed by atoms with Gasteiger partial charge in [-0.05, 0) is 43.2 Å². The van der Waals surface area contributed by atoms with Gasteiger partial charge in [0.2, 0.25) is 15.9 Å². The smallest absolute Gasteiger partial charge is 0.240 e. The Morgan fingerprint density at radius 2 is 1.92 bits per heavy atom. The Labute approximate surface area is 158 Å². The Morgan fingerprint density at radius 1 is 1.19 bits per heavy atom. The van der Waals surface area contributed by atoms with Crippen molar-refractivity contribution in [2.45, 2.75) is 25.2 Å². The number of hydrogen-bond donors (Lipinski definition) is 2. The van der Waals surface area contributed by atoms with Crippen LogP contribution in [0.25, 0.3) is 0 Å². The van der Waals surface area contributed by atoms with E-state index in [2.05, 4.69) is 10.0 Å². The number of nitrogens with one attached hydrogen (secondary N) is 2. The zero-order chi connectivity index (χ0) is 19.3. The molecule has 0 radical (unpaired) electrons. The molecule has 26 heavy (non-hydrogen) atoms. The molecular weight excluding hydrogens is 376 g/mol. The van der Waals surface area contributed by atoms with E-state index in [-0.39, 0.29) is 23.8 Å². The van der Waals surface area contributed by atoms with Crippen LogP contribution >= 0.6 is 11.6 Å². The minimum Gasteiger partial charge on any atom is -0.495 e. The number of sulfonamides is 1. The summed E-state index contributed by atoms with van der Waals surface area (Å²) >= 11 is 6.03. The molecule has 2 aromatic rings. The molecule has 0 atom stereocenters. The molecule has 0 aliphatic heterocycles. The van der Waals surface area contributed by atoms with Crippen LogP contribution in [0.2, 0.25) is 5.02 Å². The highest BCUT2D eigenvalue weighted by molar-refractivity contribution is 7.89. The fourth-order valence-electron chi connectivity index (χ4n) is 2.31. The lowest BCUT2D eigenvalue weighted by atomic mass is 10.2. The van der Waals surface area contributed by atoms with Crippen LogP contribution in [-0.2, 0) is 14.8 Å². The van der Waals surface area contributed by atoms with Crippen molar-refractivity contribution >= 4 is 33.2 Å². The maximum Gasteiger partial charge on any atom is 0.240 e. The van der Waals surface area contributed by atoms with Crippen molar-refractivity contribution in [2.24, 2.45) is 0 Å². The van der Waals surface area contributed by atoms with Gasteiger partial charge in [0.25, 0.3) is 0 Å². The summed E-state index contributed by atoms with van der Waals surface area (Å²) in [6.45, 7) is 3.61. The standard InChI is InChI=1S/C18H21ClN2O4S/c1-12-5-4-6-14(9-12)26(23,24)20-8-7-18(22)21-16-10-13(2)15(19)11-17(16)25-3/h4-6,9-11,20H,7-8H2,1-3H3,(H,21,22). The molecule has 0 aromatic heterocycles.